The zero-order valence-electron chi connectivity index (χ0n) is 11.0. The molecule has 20 heavy (non-hydrogen) atoms. The lowest BCUT2D eigenvalue weighted by Gasteiger charge is -2.13. The van der Waals surface area contributed by atoms with Gasteiger partial charge in [0.1, 0.15) is 0 Å². The van der Waals surface area contributed by atoms with E-state index in [1.807, 2.05) is 6.92 Å². The summed E-state index contributed by atoms with van der Waals surface area (Å²) in [5.74, 6) is -0.419. The molecule has 0 saturated carbocycles. The van der Waals surface area contributed by atoms with Crippen molar-refractivity contribution in [3.63, 3.8) is 0 Å². The van der Waals surface area contributed by atoms with Crippen molar-refractivity contribution in [3.05, 3.63) is 28.8 Å². The van der Waals surface area contributed by atoms with E-state index in [4.69, 9.17) is 27.0 Å². The molecular formula is C12H15Cl2NO4S. The number of hydrogen-bond acceptors (Lipinski definition) is 4. The first-order valence-corrected chi connectivity index (χ1v) is 8.48. The maximum absolute atomic E-state index is 12.0. The van der Waals surface area contributed by atoms with Crippen LogP contribution in [0.1, 0.15) is 23.7 Å². The van der Waals surface area contributed by atoms with Gasteiger partial charge in [-0.1, -0.05) is 11.6 Å². The number of benzene rings is 1. The Morgan fingerprint density at radius 1 is 1.40 bits per heavy atom. The number of halogens is 2. The van der Waals surface area contributed by atoms with E-state index in [1.165, 1.54) is 18.2 Å². The molecule has 1 rings (SSSR count). The van der Waals surface area contributed by atoms with Crippen molar-refractivity contribution < 1.29 is 17.9 Å². The fraction of sp³-hybridized carbons (Fsp3) is 0.417. The summed E-state index contributed by atoms with van der Waals surface area (Å²) in [7, 11) is 2.88. The average molecular weight is 340 g/mol. The van der Waals surface area contributed by atoms with Gasteiger partial charge in [-0.15, -0.1) is 0 Å². The third-order valence-corrected chi connectivity index (χ3v) is 4.10. The predicted molar refractivity (Wildman–Crippen MR) is 77.9 cm³/mol. The number of amides is 1. The van der Waals surface area contributed by atoms with Gasteiger partial charge in [-0.25, -0.2) is 8.42 Å². The normalized spacial score (nSPS) is 13.0. The Balaban J connectivity index is 2.91. The third kappa shape index (κ3) is 5.28. The van der Waals surface area contributed by atoms with Crippen LogP contribution in [0.2, 0.25) is 5.02 Å². The molecule has 0 aromatic heterocycles. The van der Waals surface area contributed by atoms with Gasteiger partial charge in [0.2, 0.25) is 0 Å². The summed E-state index contributed by atoms with van der Waals surface area (Å²) in [5, 5.41) is 2.85. The standard InChI is InChI=1S/C12H15Cl2NO4S/c1-8(3-4-19-2)15-12(16)9-5-10(13)7-11(6-9)20(14,17)18/h5-8H,3-4H2,1-2H3,(H,15,16). The molecule has 0 spiro atoms. The molecular weight excluding hydrogens is 325 g/mol. The van der Waals surface area contributed by atoms with Crippen LogP contribution in [-0.2, 0) is 13.8 Å². The molecule has 112 valence electrons. The highest BCUT2D eigenvalue weighted by atomic mass is 35.7. The van der Waals surface area contributed by atoms with Crippen LogP contribution in [0.4, 0.5) is 0 Å². The molecule has 1 aromatic rings. The molecule has 1 amide bonds. The van der Waals surface area contributed by atoms with E-state index in [0.717, 1.165) is 0 Å². The first-order chi connectivity index (χ1) is 9.24. The Morgan fingerprint density at radius 2 is 2.05 bits per heavy atom. The highest BCUT2D eigenvalue weighted by Gasteiger charge is 2.16. The molecule has 5 nitrogen and oxygen atoms in total. The second-order valence-corrected chi connectivity index (χ2v) is 7.27. The van der Waals surface area contributed by atoms with Crippen molar-refractivity contribution in [2.24, 2.45) is 0 Å². The molecule has 0 bridgehead atoms. The lowest BCUT2D eigenvalue weighted by molar-refractivity contribution is 0.0929. The molecule has 0 aliphatic heterocycles. The topological polar surface area (TPSA) is 72.5 Å². The predicted octanol–water partition coefficient (Wildman–Crippen LogP) is 2.42. The third-order valence-electron chi connectivity index (χ3n) is 2.55. The summed E-state index contributed by atoms with van der Waals surface area (Å²) in [4.78, 5) is 11.8. The quantitative estimate of drug-likeness (QED) is 0.808. The van der Waals surface area contributed by atoms with Gasteiger partial charge in [0.15, 0.2) is 0 Å². The van der Waals surface area contributed by atoms with Crippen molar-refractivity contribution in [1.82, 2.24) is 5.32 Å². The smallest absolute Gasteiger partial charge is 0.261 e. The largest absolute Gasteiger partial charge is 0.385 e. The molecule has 1 N–H and O–H groups in total. The van der Waals surface area contributed by atoms with Crippen LogP contribution >= 0.6 is 22.3 Å². The van der Waals surface area contributed by atoms with Crippen molar-refractivity contribution in [2.45, 2.75) is 24.3 Å². The summed E-state index contributed by atoms with van der Waals surface area (Å²) < 4.78 is 27.5. The van der Waals surface area contributed by atoms with Crippen LogP contribution in [0, 0.1) is 0 Å². The van der Waals surface area contributed by atoms with Gasteiger partial charge in [-0.05, 0) is 31.5 Å². The molecule has 0 heterocycles. The molecule has 0 radical (unpaired) electrons. The lowest BCUT2D eigenvalue weighted by Crippen LogP contribution is -2.33. The summed E-state index contributed by atoms with van der Waals surface area (Å²) in [6, 6.07) is 3.64. The van der Waals surface area contributed by atoms with Crippen LogP contribution in [0.3, 0.4) is 0 Å². The Morgan fingerprint density at radius 3 is 2.60 bits per heavy atom. The van der Waals surface area contributed by atoms with Gasteiger partial charge in [0, 0.05) is 41.0 Å². The Kier molecular flexibility index (Phi) is 6.26. The number of ether oxygens (including phenoxy) is 1. The average Bonchev–Trinajstić information content (AvgIpc) is 2.34. The maximum Gasteiger partial charge on any atom is 0.261 e. The van der Waals surface area contributed by atoms with E-state index in [1.54, 1.807) is 7.11 Å². The minimum atomic E-state index is -3.94. The molecule has 0 aliphatic rings. The Labute approximate surface area is 127 Å². The number of carbonyl (C=O) groups excluding carboxylic acids is 1. The van der Waals surface area contributed by atoms with Gasteiger partial charge in [0.25, 0.3) is 15.0 Å². The highest BCUT2D eigenvalue weighted by molar-refractivity contribution is 8.13. The number of nitrogens with one attached hydrogen (secondary N) is 1. The number of methoxy groups -OCH3 is 1. The van der Waals surface area contributed by atoms with Crippen LogP contribution in [0.15, 0.2) is 23.1 Å². The van der Waals surface area contributed by atoms with Crippen molar-refractivity contribution in [3.8, 4) is 0 Å². The second kappa shape index (κ2) is 7.26. The van der Waals surface area contributed by atoms with E-state index < -0.39 is 15.0 Å². The maximum atomic E-state index is 12.0. The fourth-order valence-corrected chi connectivity index (χ4v) is 2.61. The number of hydrogen-bond donors (Lipinski definition) is 1. The van der Waals surface area contributed by atoms with Crippen molar-refractivity contribution in [2.75, 3.05) is 13.7 Å². The van der Waals surface area contributed by atoms with E-state index in [2.05, 4.69) is 5.32 Å². The van der Waals surface area contributed by atoms with Gasteiger partial charge >= 0.3 is 0 Å². The van der Waals surface area contributed by atoms with Crippen LogP contribution in [0.5, 0.6) is 0 Å². The van der Waals surface area contributed by atoms with Gasteiger partial charge < -0.3 is 10.1 Å². The molecule has 0 aliphatic carbocycles. The van der Waals surface area contributed by atoms with Gasteiger partial charge in [-0.3, -0.25) is 4.79 Å². The number of carbonyl (C=O) groups is 1. The lowest BCUT2D eigenvalue weighted by atomic mass is 10.2. The van der Waals surface area contributed by atoms with Crippen LogP contribution in [0.25, 0.3) is 0 Å². The number of rotatable bonds is 6. The van der Waals surface area contributed by atoms with Gasteiger partial charge in [0.05, 0.1) is 4.90 Å². The monoisotopic (exact) mass is 339 g/mol. The van der Waals surface area contributed by atoms with E-state index in [-0.39, 0.29) is 21.5 Å². The Hall–Kier alpha value is -0.820. The minimum Gasteiger partial charge on any atom is -0.385 e. The van der Waals surface area contributed by atoms with Crippen LogP contribution in [-0.4, -0.2) is 34.1 Å². The van der Waals surface area contributed by atoms with Crippen LogP contribution < -0.4 is 5.32 Å². The zero-order valence-corrected chi connectivity index (χ0v) is 13.3. The second-order valence-electron chi connectivity index (χ2n) is 4.27. The van der Waals surface area contributed by atoms with Crippen molar-refractivity contribution >= 4 is 37.2 Å². The molecule has 1 aromatic carbocycles. The summed E-state index contributed by atoms with van der Waals surface area (Å²) >= 11 is 5.80. The fourth-order valence-electron chi connectivity index (χ4n) is 1.51. The van der Waals surface area contributed by atoms with Crippen molar-refractivity contribution in [1.29, 1.82) is 0 Å². The zero-order chi connectivity index (χ0) is 15.3. The molecule has 1 unspecified atom stereocenters. The first kappa shape index (κ1) is 17.2. The van der Waals surface area contributed by atoms with E-state index >= 15 is 0 Å². The molecule has 1 atom stereocenters. The summed E-state index contributed by atoms with van der Waals surface area (Å²) in [6.07, 6.45) is 0.642. The molecule has 0 fully saturated rings. The minimum absolute atomic E-state index is 0.113. The SMILES string of the molecule is COCCC(C)NC(=O)c1cc(Cl)cc(S(=O)(=O)Cl)c1. The Bertz CT molecular complexity index is 589. The highest BCUT2D eigenvalue weighted by Crippen LogP contribution is 2.22. The van der Waals surface area contributed by atoms with E-state index in [0.29, 0.717) is 13.0 Å². The van der Waals surface area contributed by atoms with Gasteiger partial charge in [-0.2, -0.15) is 0 Å². The van der Waals surface area contributed by atoms with E-state index in [9.17, 15) is 13.2 Å². The summed E-state index contributed by atoms with van der Waals surface area (Å²) in [5.41, 5.74) is 0.140. The first-order valence-electron chi connectivity index (χ1n) is 5.79. The molecule has 8 heteroatoms. The molecule has 0 saturated heterocycles. The summed E-state index contributed by atoms with van der Waals surface area (Å²) in [6.45, 7) is 2.33.